The maximum atomic E-state index is 11.8. The van der Waals surface area contributed by atoms with Crippen LogP contribution in [0, 0.1) is 11.3 Å². The highest BCUT2D eigenvalue weighted by atomic mass is 19.4. The first-order chi connectivity index (χ1) is 8.98. The van der Waals surface area contributed by atoms with Gasteiger partial charge in [0.2, 0.25) is 0 Å². The molecule has 4 nitrogen and oxygen atoms in total. The smallest absolute Gasteiger partial charge is 0.411 e. The standard InChI is InChI=1S/C12H13F3N2O2/c1-18-10-4-2-3-9(7-16)11(10)17-5-6-19-8-12(13,14)15/h2-4,17H,5-6,8H2,1H3. The number of anilines is 1. The van der Waals surface area contributed by atoms with E-state index in [1.807, 2.05) is 6.07 Å². The molecule has 0 bridgehead atoms. The molecule has 0 aliphatic heterocycles. The summed E-state index contributed by atoms with van der Waals surface area (Å²) in [6.07, 6.45) is -4.33. The van der Waals surface area contributed by atoms with Crippen LogP contribution in [0.3, 0.4) is 0 Å². The number of ether oxygens (including phenoxy) is 2. The molecule has 0 saturated carbocycles. The average Bonchev–Trinajstić information content (AvgIpc) is 2.36. The van der Waals surface area contributed by atoms with Crippen molar-refractivity contribution < 1.29 is 22.6 Å². The van der Waals surface area contributed by atoms with E-state index in [0.29, 0.717) is 17.0 Å². The molecule has 1 N–H and O–H groups in total. The Morgan fingerprint density at radius 1 is 1.37 bits per heavy atom. The van der Waals surface area contributed by atoms with Crippen molar-refractivity contribution in [3.63, 3.8) is 0 Å². The molecule has 0 aliphatic carbocycles. The summed E-state index contributed by atoms with van der Waals surface area (Å²) >= 11 is 0. The van der Waals surface area contributed by atoms with Crippen LogP contribution in [0.4, 0.5) is 18.9 Å². The van der Waals surface area contributed by atoms with Gasteiger partial charge < -0.3 is 14.8 Å². The van der Waals surface area contributed by atoms with E-state index >= 15 is 0 Å². The number of alkyl halides is 3. The maximum absolute atomic E-state index is 11.8. The van der Waals surface area contributed by atoms with Crippen LogP contribution in [-0.4, -0.2) is 33.0 Å². The quantitative estimate of drug-likeness (QED) is 0.810. The zero-order valence-corrected chi connectivity index (χ0v) is 10.3. The lowest BCUT2D eigenvalue weighted by Gasteiger charge is -2.13. The summed E-state index contributed by atoms with van der Waals surface area (Å²) in [6, 6.07) is 6.86. The van der Waals surface area contributed by atoms with Crippen molar-refractivity contribution in [2.75, 3.05) is 32.2 Å². The second-order valence-electron chi connectivity index (χ2n) is 3.59. The van der Waals surface area contributed by atoms with Gasteiger partial charge in [-0.25, -0.2) is 0 Å². The number of methoxy groups -OCH3 is 1. The fourth-order valence-corrected chi connectivity index (χ4v) is 1.41. The van der Waals surface area contributed by atoms with Crippen LogP contribution in [0.2, 0.25) is 0 Å². The first-order valence-electron chi connectivity index (χ1n) is 5.43. The molecule has 0 radical (unpaired) electrons. The van der Waals surface area contributed by atoms with Gasteiger partial charge in [-0.1, -0.05) is 6.07 Å². The number of halogens is 3. The lowest BCUT2D eigenvalue weighted by atomic mass is 10.2. The SMILES string of the molecule is COc1cccc(C#N)c1NCCOCC(F)(F)F. The third-order valence-corrected chi connectivity index (χ3v) is 2.18. The summed E-state index contributed by atoms with van der Waals surface area (Å²) in [7, 11) is 1.45. The summed E-state index contributed by atoms with van der Waals surface area (Å²) in [4.78, 5) is 0. The van der Waals surface area contributed by atoms with Crippen molar-refractivity contribution >= 4 is 5.69 Å². The lowest BCUT2D eigenvalue weighted by molar-refractivity contribution is -0.172. The predicted octanol–water partition coefficient (Wildman–Crippen LogP) is 2.56. The average molecular weight is 274 g/mol. The van der Waals surface area contributed by atoms with Crippen molar-refractivity contribution in [2.24, 2.45) is 0 Å². The number of para-hydroxylation sites is 1. The minimum Gasteiger partial charge on any atom is -0.495 e. The molecular formula is C12H13F3N2O2. The Hall–Kier alpha value is -1.94. The topological polar surface area (TPSA) is 54.3 Å². The van der Waals surface area contributed by atoms with Crippen molar-refractivity contribution in [1.29, 1.82) is 5.26 Å². The summed E-state index contributed by atoms with van der Waals surface area (Å²) in [5, 5.41) is 11.8. The summed E-state index contributed by atoms with van der Waals surface area (Å²) < 4.78 is 45.0. The molecular weight excluding hydrogens is 261 g/mol. The molecule has 0 amide bonds. The highest BCUT2D eigenvalue weighted by Gasteiger charge is 2.27. The fraction of sp³-hybridized carbons (Fsp3) is 0.417. The van der Waals surface area contributed by atoms with E-state index < -0.39 is 12.8 Å². The first kappa shape index (κ1) is 15.1. The Morgan fingerprint density at radius 3 is 2.68 bits per heavy atom. The number of hydrogen-bond donors (Lipinski definition) is 1. The Balaban J connectivity index is 2.51. The molecule has 0 aliphatic rings. The highest BCUT2D eigenvalue weighted by molar-refractivity contribution is 5.66. The molecule has 7 heteroatoms. The van der Waals surface area contributed by atoms with Crippen molar-refractivity contribution in [3.05, 3.63) is 23.8 Å². The number of rotatable bonds is 6. The molecule has 1 aromatic rings. The number of nitriles is 1. The van der Waals surface area contributed by atoms with Crippen LogP contribution < -0.4 is 10.1 Å². The van der Waals surface area contributed by atoms with Crippen LogP contribution in [0.15, 0.2) is 18.2 Å². The van der Waals surface area contributed by atoms with Crippen molar-refractivity contribution in [1.82, 2.24) is 0 Å². The normalized spacial score (nSPS) is 10.9. The third kappa shape index (κ3) is 5.06. The van der Waals surface area contributed by atoms with Gasteiger partial charge in [0.1, 0.15) is 18.4 Å². The van der Waals surface area contributed by atoms with E-state index in [1.54, 1.807) is 18.2 Å². The largest absolute Gasteiger partial charge is 0.495 e. The Kier molecular flexibility index (Phi) is 5.45. The molecule has 0 spiro atoms. The van der Waals surface area contributed by atoms with Crippen LogP contribution in [0.25, 0.3) is 0 Å². The van der Waals surface area contributed by atoms with Gasteiger partial charge in [0, 0.05) is 6.54 Å². The monoisotopic (exact) mass is 274 g/mol. The number of nitrogens with one attached hydrogen (secondary N) is 1. The van der Waals surface area contributed by atoms with Crippen LogP contribution in [0.5, 0.6) is 5.75 Å². The zero-order valence-electron chi connectivity index (χ0n) is 10.3. The number of benzene rings is 1. The molecule has 0 unspecified atom stereocenters. The minimum atomic E-state index is -4.33. The lowest BCUT2D eigenvalue weighted by Crippen LogP contribution is -2.20. The number of nitrogens with zero attached hydrogens (tertiary/aromatic N) is 1. The van der Waals surface area contributed by atoms with Crippen LogP contribution in [-0.2, 0) is 4.74 Å². The predicted molar refractivity (Wildman–Crippen MR) is 63.1 cm³/mol. The second-order valence-corrected chi connectivity index (χ2v) is 3.59. The van der Waals surface area contributed by atoms with E-state index in [1.165, 1.54) is 7.11 Å². The van der Waals surface area contributed by atoms with E-state index in [4.69, 9.17) is 10.00 Å². The highest BCUT2D eigenvalue weighted by Crippen LogP contribution is 2.27. The Labute approximate surface area is 108 Å². The molecule has 1 aromatic carbocycles. The Bertz CT molecular complexity index is 455. The maximum Gasteiger partial charge on any atom is 0.411 e. The molecule has 104 valence electrons. The van der Waals surface area contributed by atoms with E-state index in [9.17, 15) is 13.2 Å². The Morgan fingerprint density at radius 2 is 2.11 bits per heavy atom. The molecule has 0 aromatic heterocycles. The summed E-state index contributed by atoms with van der Waals surface area (Å²) in [5.41, 5.74) is 0.804. The second kappa shape index (κ2) is 6.85. The molecule has 0 atom stereocenters. The molecule has 0 saturated heterocycles. The number of hydrogen-bond acceptors (Lipinski definition) is 4. The molecule has 0 fully saturated rings. The zero-order chi connectivity index (χ0) is 14.3. The van der Waals surface area contributed by atoms with Crippen LogP contribution in [0.1, 0.15) is 5.56 Å². The van der Waals surface area contributed by atoms with Gasteiger partial charge in [-0.3, -0.25) is 0 Å². The van der Waals surface area contributed by atoms with Gasteiger partial charge in [0.05, 0.1) is 25.0 Å². The van der Waals surface area contributed by atoms with Gasteiger partial charge in [0.25, 0.3) is 0 Å². The van der Waals surface area contributed by atoms with Crippen LogP contribution >= 0.6 is 0 Å². The van der Waals surface area contributed by atoms with E-state index in [2.05, 4.69) is 10.1 Å². The third-order valence-electron chi connectivity index (χ3n) is 2.18. The van der Waals surface area contributed by atoms with Gasteiger partial charge in [0.15, 0.2) is 0 Å². The molecule has 19 heavy (non-hydrogen) atoms. The summed E-state index contributed by atoms with van der Waals surface area (Å²) in [5.74, 6) is 0.454. The minimum absolute atomic E-state index is 0.123. The molecule has 0 heterocycles. The summed E-state index contributed by atoms with van der Waals surface area (Å²) in [6.45, 7) is -1.26. The first-order valence-corrected chi connectivity index (χ1v) is 5.43. The van der Waals surface area contributed by atoms with Gasteiger partial charge in [-0.15, -0.1) is 0 Å². The van der Waals surface area contributed by atoms with Crippen molar-refractivity contribution in [3.8, 4) is 11.8 Å². The van der Waals surface area contributed by atoms with Gasteiger partial charge in [-0.2, -0.15) is 18.4 Å². The van der Waals surface area contributed by atoms with E-state index in [0.717, 1.165) is 0 Å². The molecule has 1 rings (SSSR count). The van der Waals surface area contributed by atoms with Crippen molar-refractivity contribution in [2.45, 2.75) is 6.18 Å². The van der Waals surface area contributed by atoms with Gasteiger partial charge >= 0.3 is 6.18 Å². The van der Waals surface area contributed by atoms with E-state index in [-0.39, 0.29) is 13.2 Å². The van der Waals surface area contributed by atoms with Gasteiger partial charge in [-0.05, 0) is 12.1 Å². The fourth-order valence-electron chi connectivity index (χ4n) is 1.41.